The van der Waals surface area contributed by atoms with Gasteiger partial charge in [-0.2, -0.15) is 18.3 Å². The molecule has 1 aromatic heterocycles. The normalized spacial score (nSPS) is 11.8. The molecule has 20 heavy (non-hydrogen) atoms. The summed E-state index contributed by atoms with van der Waals surface area (Å²) in [7, 11) is 0. The molecule has 4 nitrogen and oxygen atoms in total. The highest BCUT2D eigenvalue weighted by Crippen LogP contribution is 2.25. The molecule has 2 aromatic rings. The first-order chi connectivity index (χ1) is 9.35. The van der Waals surface area contributed by atoms with Crippen molar-refractivity contribution in [1.82, 2.24) is 15.2 Å². The maximum Gasteiger partial charge on any atom is 0.411 e. The van der Waals surface area contributed by atoms with E-state index in [1.165, 1.54) is 12.1 Å². The van der Waals surface area contributed by atoms with Crippen LogP contribution >= 0.6 is 11.6 Å². The fourth-order valence-corrected chi connectivity index (χ4v) is 1.67. The van der Waals surface area contributed by atoms with Crippen molar-refractivity contribution in [3.05, 3.63) is 34.9 Å². The summed E-state index contributed by atoms with van der Waals surface area (Å²) in [6.07, 6.45) is -4.40. The monoisotopic (exact) mass is 309 g/mol. The van der Waals surface area contributed by atoms with Crippen molar-refractivity contribution in [2.75, 3.05) is 6.61 Å². The molecule has 0 saturated heterocycles. The van der Waals surface area contributed by atoms with Gasteiger partial charge in [-0.05, 0) is 18.2 Å². The van der Waals surface area contributed by atoms with Crippen molar-refractivity contribution in [1.29, 1.82) is 0 Å². The number of aromatic amines is 1. The highest BCUT2D eigenvalue weighted by Gasteiger charge is 2.27. The zero-order chi connectivity index (χ0) is 14.8. The molecule has 0 aliphatic rings. The van der Waals surface area contributed by atoms with E-state index in [2.05, 4.69) is 19.9 Å². The van der Waals surface area contributed by atoms with Crippen LogP contribution in [0.5, 0.6) is 0 Å². The largest absolute Gasteiger partial charge is 0.411 e. The zero-order valence-electron chi connectivity index (χ0n) is 9.84. The third-order valence-corrected chi connectivity index (χ3v) is 2.52. The number of H-pyrrole nitrogens is 1. The van der Waals surface area contributed by atoms with Crippen LogP contribution in [0.15, 0.2) is 18.2 Å². The van der Waals surface area contributed by atoms with Gasteiger partial charge in [-0.3, -0.25) is 5.10 Å². The summed E-state index contributed by atoms with van der Waals surface area (Å²) in [6, 6.07) is 3.64. The predicted octanol–water partition coefficient (Wildman–Crippen LogP) is 3.34. The molecule has 0 spiro atoms. The first-order valence-corrected chi connectivity index (χ1v) is 5.74. The lowest BCUT2D eigenvalue weighted by Gasteiger charge is -2.05. The van der Waals surface area contributed by atoms with E-state index in [0.717, 1.165) is 6.07 Å². The smallest absolute Gasteiger partial charge is 0.364 e. The summed E-state index contributed by atoms with van der Waals surface area (Å²) in [5.41, 5.74) is 0.367. The Kier molecular flexibility index (Phi) is 4.24. The summed E-state index contributed by atoms with van der Waals surface area (Å²) in [4.78, 5) is 3.92. The van der Waals surface area contributed by atoms with Gasteiger partial charge in [0.15, 0.2) is 11.6 Å². The quantitative estimate of drug-likeness (QED) is 0.881. The van der Waals surface area contributed by atoms with E-state index in [1.807, 2.05) is 0 Å². The van der Waals surface area contributed by atoms with Crippen LogP contribution in [0.1, 0.15) is 5.82 Å². The Balaban J connectivity index is 2.05. The van der Waals surface area contributed by atoms with E-state index in [0.29, 0.717) is 5.56 Å². The van der Waals surface area contributed by atoms with Gasteiger partial charge in [0.25, 0.3) is 0 Å². The van der Waals surface area contributed by atoms with E-state index < -0.39 is 18.6 Å². The lowest BCUT2D eigenvalue weighted by molar-refractivity contribution is -0.177. The van der Waals surface area contributed by atoms with Gasteiger partial charge in [-0.25, -0.2) is 9.37 Å². The van der Waals surface area contributed by atoms with Crippen LogP contribution in [0.4, 0.5) is 17.6 Å². The minimum atomic E-state index is -4.40. The molecule has 0 fully saturated rings. The average molecular weight is 310 g/mol. The van der Waals surface area contributed by atoms with Gasteiger partial charge in [0.2, 0.25) is 0 Å². The predicted molar refractivity (Wildman–Crippen MR) is 62.5 cm³/mol. The molecule has 0 aliphatic heterocycles. The SMILES string of the molecule is Fc1ccc(-c2n[nH]c(COCC(F)(F)F)n2)c(Cl)c1. The minimum absolute atomic E-state index is 0.103. The van der Waals surface area contributed by atoms with Crippen LogP contribution in [-0.2, 0) is 11.3 Å². The van der Waals surface area contributed by atoms with Crippen LogP contribution in [0.2, 0.25) is 5.02 Å². The molecular weight excluding hydrogens is 302 g/mol. The van der Waals surface area contributed by atoms with Gasteiger partial charge in [0.1, 0.15) is 19.0 Å². The second kappa shape index (κ2) is 5.76. The fraction of sp³-hybridized carbons (Fsp3) is 0.273. The van der Waals surface area contributed by atoms with Crippen molar-refractivity contribution in [2.45, 2.75) is 12.8 Å². The number of hydrogen-bond acceptors (Lipinski definition) is 3. The Morgan fingerprint density at radius 3 is 2.70 bits per heavy atom. The van der Waals surface area contributed by atoms with Gasteiger partial charge in [0.05, 0.1) is 5.02 Å². The highest BCUT2D eigenvalue weighted by molar-refractivity contribution is 6.33. The number of hydrogen-bond donors (Lipinski definition) is 1. The van der Waals surface area contributed by atoms with Crippen molar-refractivity contribution in [2.24, 2.45) is 0 Å². The number of halogens is 5. The average Bonchev–Trinajstić information content (AvgIpc) is 2.75. The molecule has 9 heteroatoms. The number of alkyl halides is 3. The van der Waals surface area contributed by atoms with E-state index in [9.17, 15) is 17.6 Å². The summed E-state index contributed by atoms with van der Waals surface area (Å²) < 4.78 is 53.0. The van der Waals surface area contributed by atoms with Gasteiger partial charge in [-0.1, -0.05) is 11.6 Å². The zero-order valence-corrected chi connectivity index (χ0v) is 10.6. The van der Waals surface area contributed by atoms with Crippen LogP contribution in [0.3, 0.4) is 0 Å². The number of ether oxygens (including phenoxy) is 1. The second-order valence-corrected chi connectivity index (χ2v) is 4.25. The Labute approximate surface area is 115 Å². The second-order valence-electron chi connectivity index (χ2n) is 3.84. The maximum atomic E-state index is 12.9. The Morgan fingerprint density at radius 2 is 2.05 bits per heavy atom. The maximum absolute atomic E-state index is 12.9. The first kappa shape index (κ1) is 14.7. The molecular formula is C11H8ClF4N3O. The molecule has 0 amide bonds. The van der Waals surface area contributed by atoms with Crippen molar-refractivity contribution >= 4 is 11.6 Å². The number of aromatic nitrogens is 3. The molecule has 1 heterocycles. The molecule has 108 valence electrons. The molecule has 1 aromatic carbocycles. The van der Waals surface area contributed by atoms with E-state index in [-0.39, 0.29) is 23.3 Å². The van der Waals surface area contributed by atoms with Gasteiger partial charge in [0, 0.05) is 5.56 Å². The number of rotatable bonds is 4. The van der Waals surface area contributed by atoms with Gasteiger partial charge < -0.3 is 4.74 Å². The van der Waals surface area contributed by atoms with E-state index in [4.69, 9.17) is 11.6 Å². The summed E-state index contributed by atoms with van der Waals surface area (Å²) in [5.74, 6) is -0.242. The Bertz CT molecular complexity index is 600. The van der Waals surface area contributed by atoms with Gasteiger partial charge in [-0.15, -0.1) is 0 Å². The molecule has 1 N–H and O–H groups in total. The van der Waals surface area contributed by atoms with Crippen LogP contribution < -0.4 is 0 Å². The summed E-state index contributed by atoms with van der Waals surface area (Å²) in [5, 5.41) is 6.32. The number of benzene rings is 1. The highest BCUT2D eigenvalue weighted by atomic mass is 35.5. The minimum Gasteiger partial charge on any atom is -0.364 e. The Morgan fingerprint density at radius 1 is 1.30 bits per heavy atom. The summed E-state index contributed by atoms with van der Waals surface area (Å²) >= 11 is 5.82. The van der Waals surface area contributed by atoms with E-state index in [1.54, 1.807) is 0 Å². The standard InChI is InChI=1S/C11H8ClF4N3O/c12-8-3-6(13)1-2-7(8)10-17-9(18-19-10)4-20-5-11(14,15)16/h1-3H,4-5H2,(H,17,18,19). The molecule has 0 atom stereocenters. The lowest BCUT2D eigenvalue weighted by atomic mass is 10.2. The van der Waals surface area contributed by atoms with Crippen LogP contribution in [0.25, 0.3) is 11.4 Å². The molecule has 2 rings (SSSR count). The topological polar surface area (TPSA) is 50.8 Å². The summed E-state index contributed by atoms with van der Waals surface area (Å²) in [6.45, 7) is -1.74. The third kappa shape index (κ3) is 3.91. The van der Waals surface area contributed by atoms with Crippen LogP contribution in [0, 0.1) is 5.82 Å². The molecule has 0 bridgehead atoms. The van der Waals surface area contributed by atoms with Crippen molar-refractivity contribution in [3.63, 3.8) is 0 Å². The molecule has 0 saturated carbocycles. The number of nitrogens with one attached hydrogen (secondary N) is 1. The Hall–Kier alpha value is -1.67. The fourth-order valence-electron chi connectivity index (χ4n) is 1.41. The number of nitrogens with zero attached hydrogens (tertiary/aromatic N) is 2. The molecule has 0 radical (unpaired) electrons. The van der Waals surface area contributed by atoms with Crippen molar-refractivity contribution < 1.29 is 22.3 Å². The first-order valence-electron chi connectivity index (χ1n) is 5.36. The molecule has 0 unspecified atom stereocenters. The third-order valence-electron chi connectivity index (χ3n) is 2.21. The van der Waals surface area contributed by atoms with Crippen molar-refractivity contribution in [3.8, 4) is 11.4 Å². The van der Waals surface area contributed by atoms with Gasteiger partial charge >= 0.3 is 6.18 Å². The van der Waals surface area contributed by atoms with Crippen LogP contribution in [-0.4, -0.2) is 28.0 Å². The van der Waals surface area contributed by atoms with E-state index >= 15 is 0 Å². The molecule has 0 aliphatic carbocycles. The lowest BCUT2D eigenvalue weighted by Crippen LogP contribution is -2.16.